The highest BCUT2D eigenvalue weighted by Crippen LogP contribution is 2.19. The lowest BCUT2D eigenvalue weighted by molar-refractivity contribution is 0.102. The number of amides is 1. The number of nitrogens with one attached hydrogen (secondary N) is 2. The molecule has 2 aromatic heterocycles. The van der Waals surface area contributed by atoms with Gasteiger partial charge in [-0.2, -0.15) is 0 Å². The number of nitrogens with zero attached hydrogens (tertiary/aromatic N) is 2. The second-order valence-electron chi connectivity index (χ2n) is 4.80. The van der Waals surface area contributed by atoms with E-state index in [-0.39, 0.29) is 11.5 Å². The summed E-state index contributed by atoms with van der Waals surface area (Å²) in [5.74, 6) is -0.360. The lowest BCUT2D eigenvalue weighted by atomic mass is 10.1. The molecule has 0 aliphatic rings. The predicted octanol–water partition coefficient (Wildman–Crippen LogP) is 2.58. The number of H-pyrrole nitrogens is 1. The molecule has 3 aromatic rings. The van der Waals surface area contributed by atoms with Crippen LogP contribution in [0.4, 0.5) is 5.13 Å². The van der Waals surface area contributed by atoms with Crippen molar-refractivity contribution in [3.8, 4) is 0 Å². The Morgan fingerprint density at radius 2 is 2.14 bits per heavy atom. The van der Waals surface area contributed by atoms with Crippen LogP contribution in [0.3, 0.4) is 0 Å². The third kappa shape index (κ3) is 2.89. The summed E-state index contributed by atoms with van der Waals surface area (Å²) in [6.07, 6.45) is 1.81. The average Bonchev–Trinajstić information content (AvgIpc) is 2.94. The Hall–Kier alpha value is -2.54. The quantitative estimate of drug-likeness (QED) is 0.775. The second-order valence-corrected chi connectivity index (χ2v) is 5.86. The fourth-order valence-electron chi connectivity index (χ4n) is 2.18. The number of para-hydroxylation sites is 1. The van der Waals surface area contributed by atoms with Crippen molar-refractivity contribution in [1.82, 2.24) is 15.2 Å². The molecular formula is C15H14N4O2S. The van der Waals surface area contributed by atoms with Crippen LogP contribution < -0.4 is 10.9 Å². The molecule has 0 spiro atoms. The van der Waals surface area contributed by atoms with Crippen molar-refractivity contribution in [3.05, 3.63) is 51.3 Å². The van der Waals surface area contributed by atoms with Gasteiger partial charge in [0.25, 0.3) is 5.91 Å². The van der Waals surface area contributed by atoms with Crippen LogP contribution in [-0.4, -0.2) is 21.1 Å². The number of hydrogen-bond donors (Lipinski definition) is 2. The normalized spacial score (nSPS) is 10.8. The molecule has 0 radical (unpaired) electrons. The molecule has 2 N–H and O–H groups in total. The van der Waals surface area contributed by atoms with Gasteiger partial charge in [-0.1, -0.05) is 36.5 Å². The molecule has 0 bridgehead atoms. The Morgan fingerprint density at radius 3 is 2.95 bits per heavy atom. The zero-order chi connectivity index (χ0) is 15.5. The fraction of sp³-hybridized carbons (Fsp3) is 0.200. The monoisotopic (exact) mass is 314 g/mol. The van der Waals surface area contributed by atoms with Crippen LogP contribution in [-0.2, 0) is 6.42 Å². The van der Waals surface area contributed by atoms with Crippen LogP contribution in [0.25, 0.3) is 10.9 Å². The highest BCUT2D eigenvalue weighted by Gasteiger charge is 2.14. The third-order valence-corrected chi connectivity index (χ3v) is 4.04. The van der Waals surface area contributed by atoms with Gasteiger partial charge in [0, 0.05) is 23.4 Å². The first kappa shape index (κ1) is 14.4. The van der Waals surface area contributed by atoms with Crippen molar-refractivity contribution >= 4 is 33.3 Å². The number of aromatic nitrogens is 3. The van der Waals surface area contributed by atoms with Gasteiger partial charge in [-0.05, 0) is 12.5 Å². The Balaban J connectivity index is 1.93. The molecule has 6 nitrogen and oxygen atoms in total. The van der Waals surface area contributed by atoms with Crippen molar-refractivity contribution < 1.29 is 4.79 Å². The van der Waals surface area contributed by atoms with Gasteiger partial charge in [-0.25, -0.2) is 0 Å². The van der Waals surface area contributed by atoms with Crippen LogP contribution in [0.1, 0.15) is 28.7 Å². The minimum absolute atomic E-state index is 0.312. The van der Waals surface area contributed by atoms with E-state index in [4.69, 9.17) is 0 Å². The lowest BCUT2D eigenvalue weighted by Gasteiger charge is -2.05. The standard InChI is InChI=1S/C15H14N4O2S/c1-2-5-13-18-19-15(22-13)17-14(21)10-8-12(20)16-11-7-4-3-6-9(10)11/h3-4,6-8H,2,5H2,1H3,(H,16,20)(H,17,19,21). The molecule has 0 atom stereocenters. The molecule has 112 valence electrons. The summed E-state index contributed by atoms with van der Waals surface area (Å²) >= 11 is 1.35. The zero-order valence-electron chi connectivity index (χ0n) is 11.9. The van der Waals surface area contributed by atoms with E-state index in [0.29, 0.717) is 21.6 Å². The predicted molar refractivity (Wildman–Crippen MR) is 86.4 cm³/mol. The molecule has 0 aliphatic carbocycles. The summed E-state index contributed by atoms with van der Waals surface area (Å²) in [7, 11) is 0. The summed E-state index contributed by atoms with van der Waals surface area (Å²) < 4.78 is 0. The molecule has 0 aliphatic heterocycles. The van der Waals surface area contributed by atoms with Gasteiger partial charge in [0.15, 0.2) is 0 Å². The van der Waals surface area contributed by atoms with Crippen molar-refractivity contribution in [3.63, 3.8) is 0 Å². The van der Waals surface area contributed by atoms with E-state index in [0.717, 1.165) is 17.8 Å². The fourth-order valence-corrected chi connectivity index (χ4v) is 3.01. The maximum absolute atomic E-state index is 12.4. The number of anilines is 1. The topological polar surface area (TPSA) is 87.7 Å². The van der Waals surface area contributed by atoms with E-state index >= 15 is 0 Å². The lowest BCUT2D eigenvalue weighted by Crippen LogP contribution is -2.16. The van der Waals surface area contributed by atoms with E-state index in [1.165, 1.54) is 17.4 Å². The van der Waals surface area contributed by atoms with Gasteiger partial charge in [-0.15, -0.1) is 10.2 Å². The van der Waals surface area contributed by atoms with Gasteiger partial charge in [0.1, 0.15) is 5.01 Å². The summed E-state index contributed by atoms with van der Waals surface area (Å²) in [5, 5.41) is 12.7. The molecule has 0 unspecified atom stereocenters. The molecule has 22 heavy (non-hydrogen) atoms. The maximum Gasteiger partial charge on any atom is 0.258 e. The molecule has 0 saturated heterocycles. The molecule has 3 rings (SSSR count). The summed E-state index contributed by atoms with van der Waals surface area (Å²) in [6, 6.07) is 8.48. The van der Waals surface area contributed by atoms with E-state index in [1.54, 1.807) is 12.1 Å². The number of aromatic amines is 1. The van der Waals surface area contributed by atoms with E-state index in [1.807, 2.05) is 12.1 Å². The van der Waals surface area contributed by atoms with Crippen LogP contribution in [0.5, 0.6) is 0 Å². The first-order chi connectivity index (χ1) is 10.7. The molecule has 2 heterocycles. The van der Waals surface area contributed by atoms with Gasteiger partial charge in [-0.3, -0.25) is 14.9 Å². The van der Waals surface area contributed by atoms with Gasteiger partial charge < -0.3 is 4.98 Å². The average molecular weight is 314 g/mol. The number of benzene rings is 1. The van der Waals surface area contributed by atoms with Crippen molar-refractivity contribution in [2.24, 2.45) is 0 Å². The molecular weight excluding hydrogens is 300 g/mol. The molecule has 1 aromatic carbocycles. The number of fused-ring (bicyclic) bond motifs is 1. The third-order valence-electron chi connectivity index (χ3n) is 3.15. The minimum Gasteiger partial charge on any atom is -0.322 e. The highest BCUT2D eigenvalue weighted by molar-refractivity contribution is 7.15. The minimum atomic E-state index is -0.360. The van der Waals surface area contributed by atoms with Crippen molar-refractivity contribution in [2.75, 3.05) is 5.32 Å². The SMILES string of the molecule is CCCc1nnc(NC(=O)c2cc(=O)[nH]c3ccccc23)s1. The largest absolute Gasteiger partial charge is 0.322 e. The Morgan fingerprint density at radius 1 is 1.32 bits per heavy atom. The van der Waals surface area contributed by atoms with E-state index in [9.17, 15) is 9.59 Å². The molecule has 1 amide bonds. The van der Waals surface area contributed by atoms with Crippen LogP contribution in [0.15, 0.2) is 35.1 Å². The van der Waals surface area contributed by atoms with Gasteiger partial charge in [0.05, 0.1) is 5.56 Å². The first-order valence-electron chi connectivity index (χ1n) is 6.93. The number of carbonyl (C=O) groups is 1. The number of aryl methyl sites for hydroxylation is 1. The summed E-state index contributed by atoms with van der Waals surface area (Å²) in [4.78, 5) is 26.8. The highest BCUT2D eigenvalue weighted by atomic mass is 32.1. The van der Waals surface area contributed by atoms with Gasteiger partial charge >= 0.3 is 0 Å². The molecule has 0 saturated carbocycles. The van der Waals surface area contributed by atoms with E-state index < -0.39 is 0 Å². The Bertz CT molecular complexity index is 884. The first-order valence-corrected chi connectivity index (χ1v) is 7.75. The van der Waals surface area contributed by atoms with Crippen molar-refractivity contribution in [1.29, 1.82) is 0 Å². The number of carbonyl (C=O) groups excluding carboxylic acids is 1. The molecule has 0 fully saturated rings. The Kier molecular flexibility index (Phi) is 3.97. The zero-order valence-corrected chi connectivity index (χ0v) is 12.7. The number of rotatable bonds is 4. The van der Waals surface area contributed by atoms with Crippen LogP contribution in [0, 0.1) is 0 Å². The summed E-state index contributed by atoms with van der Waals surface area (Å²) in [5.41, 5.74) is 0.642. The smallest absolute Gasteiger partial charge is 0.258 e. The van der Waals surface area contributed by atoms with E-state index in [2.05, 4.69) is 27.4 Å². The van der Waals surface area contributed by atoms with Crippen LogP contribution >= 0.6 is 11.3 Å². The summed E-state index contributed by atoms with van der Waals surface area (Å²) in [6.45, 7) is 2.06. The molecule has 7 heteroatoms. The second kappa shape index (κ2) is 6.07. The maximum atomic E-state index is 12.4. The Labute approximate surface area is 130 Å². The van der Waals surface area contributed by atoms with Gasteiger partial charge in [0.2, 0.25) is 10.7 Å². The number of pyridine rings is 1. The van der Waals surface area contributed by atoms with Crippen molar-refractivity contribution in [2.45, 2.75) is 19.8 Å². The number of hydrogen-bond acceptors (Lipinski definition) is 5. The van der Waals surface area contributed by atoms with Crippen LogP contribution in [0.2, 0.25) is 0 Å².